The summed E-state index contributed by atoms with van der Waals surface area (Å²) in [5, 5.41) is 2.95. The number of benzene rings is 2. The first-order valence-electron chi connectivity index (χ1n) is 6.30. The van der Waals surface area contributed by atoms with E-state index in [-0.39, 0.29) is 5.91 Å². The molecule has 2 rings (SSSR count). The van der Waals surface area contributed by atoms with E-state index < -0.39 is 0 Å². The number of amides is 1. The first-order chi connectivity index (χ1) is 9.54. The van der Waals surface area contributed by atoms with Crippen LogP contribution in [0.1, 0.15) is 11.1 Å². The number of hydrogen-bond acceptors (Lipinski definition) is 2. The Hall–Kier alpha value is -1.26. The third kappa shape index (κ3) is 4.39. The van der Waals surface area contributed by atoms with Crippen LogP contribution >= 0.6 is 27.7 Å². The summed E-state index contributed by atoms with van der Waals surface area (Å²) in [7, 11) is 0. The van der Waals surface area contributed by atoms with Gasteiger partial charge in [0, 0.05) is 15.1 Å². The number of halogens is 1. The number of thioether (sulfide) groups is 1. The summed E-state index contributed by atoms with van der Waals surface area (Å²) in [6.45, 7) is 4.05. The highest BCUT2D eigenvalue weighted by Gasteiger charge is 2.05. The average Bonchev–Trinajstić information content (AvgIpc) is 2.41. The van der Waals surface area contributed by atoms with Crippen molar-refractivity contribution in [2.24, 2.45) is 0 Å². The largest absolute Gasteiger partial charge is 0.325 e. The van der Waals surface area contributed by atoms with Crippen LogP contribution in [0.25, 0.3) is 0 Å². The van der Waals surface area contributed by atoms with Gasteiger partial charge in [-0.25, -0.2) is 0 Å². The molecule has 0 heterocycles. The minimum absolute atomic E-state index is 0.0184. The second kappa shape index (κ2) is 6.95. The minimum atomic E-state index is 0.0184. The topological polar surface area (TPSA) is 29.1 Å². The van der Waals surface area contributed by atoms with Crippen LogP contribution in [-0.4, -0.2) is 11.7 Å². The van der Waals surface area contributed by atoms with Crippen molar-refractivity contribution < 1.29 is 4.79 Å². The smallest absolute Gasteiger partial charge is 0.234 e. The first kappa shape index (κ1) is 15.1. The Morgan fingerprint density at radius 3 is 2.50 bits per heavy atom. The number of rotatable bonds is 4. The van der Waals surface area contributed by atoms with Crippen LogP contribution in [0.4, 0.5) is 5.69 Å². The number of anilines is 1. The quantitative estimate of drug-likeness (QED) is 0.803. The molecular formula is C16H16BrNOS. The van der Waals surface area contributed by atoms with Gasteiger partial charge in [0.1, 0.15) is 0 Å². The molecule has 2 aromatic carbocycles. The molecule has 0 aliphatic heterocycles. The van der Waals surface area contributed by atoms with Crippen molar-refractivity contribution in [3.8, 4) is 0 Å². The van der Waals surface area contributed by atoms with Crippen LogP contribution < -0.4 is 5.32 Å². The zero-order chi connectivity index (χ0) is 14.5. The summed E-state index contributed by atoms with van der Waals surface area (Å²) in [6.07, 6.45) is 0. The fourth-order valence-electron chi connectivity index (χ4n) is 1.82. The van der Waals surface area contributed by atoms with Crippen LogP contribution in [0.2, 0.25) is 0 Å². The maximum absolute atomic E-state index is 11.9. The molecule has 0 aliphatic carbocycles. The minimum Gasteiger partial charge on any atom is -0.325 e. The SMILES string of the molecule is Cc1ccc(NC(=O)CSc2ccc(Br)cc2)c(C)c1. The fraction of sp³-hybridized carbons (Fsp3) is 0.188. The zero-order valence-electron chi connectivity index (χ0n) is 11.4. The molecule has 0 radical (unpaired) electrons. The van der Waals surface area contributed by atoms with Crippen molar-refractivity contribution in [1.82, 2.24) is 0 Å². The molecule has 1 N–H and O–H groups in total. The summed E-state index contributed by atoms with van der Waals surface area (Å²) >= 11 is 4.93. The van der Waals surface area contributed by atoms with Gasteiger partial charge in [-0.15, -0.1) is 11.8 Å². The van der Waals surface area contributed by atoms with Crippen molar-refractivity contribution in [2.75, 3.05) is 11.1 Å². The van der Waals surface area contributed by atoms with E-state index in [1.807, 2.05) is 50.2 Å². The van der Waals surface area contributed by atoms with Crippen LogP contribution in [0.3, 0.4) is 0 Å². The maximum Gasteiger partial charge on any atom is 0.234 e. The number of hydrogen-bond donors (Lipinski definition) is 1. The molecule has 4 heteroatoms. The third-order valence-corrected chi connectivity index (χ3v) is 4.38. The summed E-state index contributed by atoms with van der Waals surface area (Å²) < 4.78 is 1.04. The third-order valence-electron chi connectivity index (χ3n) is 2.84. The molecule has 0 aliphatic rings. The van der Waals surface area contributed by atoms with Crippen LogP contribution in [0, 0.1) is 13.8 Å². The van der Waals surface area contributed by atoms with E-state index in [0.29, 0.717) is 5.75 Å². The lowest BCUT2D eigenvalue weighted by molar-refractivity contribution is -0.113. The second-order valence-electron chi connectivity index (χ2n) is 4.61. The number of nitrogens with one attached hydrogen (secondary N) is 1. The van der Waals surface area contributed by atoms with Crippen molar-refractivity contribution in [2.45, 2.75) is 18.7 Å². The summed E-state index contributed by atoms with van der Waals surface area (Å²) in [5.41, 5.74) is 3.17. The van der Waals surface area contributed by atoms with Crippen LogP contribution in [0.15, 0.2) is 51.8 Å². The maximum atomic E-state index is 11.9. The number of carbonyl (C=O) groups excluding carboxylic acids is 1. The molecule has 20 heavy (non-hydrogen) atoms. The van der Waals surface area contributed by atoms with E-state index in [0.717, 1.165) is 20.6 Å². The molecule has 2 nitrogen and oxygen atoms in total. The lowest BCUT2D eigenvalue weighted by Gasteiger charge is -2.09. The van der Waals surface area contributed by atoms with Gasteiger partial charge in [-0.05, 0) is 49.7 Å². The Labute approximate surface area is 132 Å². The first-order valence-corrected chi connectivity index (χ1v) is 8.08. The highest BCUT2D eigenvalue weighted by atomic mass is 79.9. The van der Waals surface area contributed by atoms with Crippen LogP contribution in [-0.2, 0) is 4.79 Å². The highest BCUT2D eigenvalue weighted by molar-refractivity contribution is 9.10. The van der Waals surface area contributed by atoms with Gasteiger partial charge >= 0.3 is 0 Å². The summed E-state index contributed by atoms with van der Waals surface area (Å²) in [4.78, 5) is 13.0. The van der Waals surface area contributed by atoms with E-state index in [4.69, 9.17) is 0 Å². The van der Waals surface area contributed by atoms with E-state index >= 15 is 0 Å². The molecule has 0 saturated heterocycles. The van der Waals surface area contributed by atoms with Gasteiger partial charge in [0.25, 0.3) is 0 Å². The van der Waals surface area contributed by atoms with Crippen molar-refractivity contribution in [1.29, 1.82) is 0 Å². The zero-order valence-corrected chi connectivity index (χ0v) is 13.8. The summed E-state index contributed by atoms with van der Waals surface area (Å²) in [6, 6.07) is 14.0. The van der Waals surface area contributed by atoms with E-state index in [9.17, 15) is 4.79 Å². The molecule has 0 saturated carbocycles. The molecule has 1 amide bonds. The molecule has 2 aromatic rings. The lowest BCUT2D eigenvalue weighted by atomic mass is 10.1. The van der Waals surface area contributed by atoms with Crippen molar-refractivity contribution >= 4 is 39.3 Å². The van der Waals surface area contributed by atoms with E-state index in [1.54, 1.807) is 0 Å². The van der Waals surface area contributed by atoms with Gasteiger partial charge in [-0.3, -0.25) is 4.79 Å². The Morgan fingerprint density at radius 2 is 1.85 bits per heavy atom. The molecule has 0 unspecified atom stereocenters. The standard InChI is InChI=1S/C16H16BrNOS/c1-11-3-8-15(12(2)9-11)18-16(19)10-20-14-6-4-13(17)5-7-14/h3-9H,10H2,1-2H3,(H,18,19). The van der Waals surface area contributed by atoms with E-state index in [2.05, 4.69) is 27.3 Å². The van der Waals surface area contributed by atoms with Gasteiger partial charge in [-0.1, -0.05) is 33.6 Å². The monoisotopic (exact) mass is 349 g/mol. The molecule has 104 valence electrons. The molecule has 0 fully saturated rings. The number of aryl methyl sites for hydroxylation is 2. The normalized spacial score (nSPS) is 10.3. The van der Waals surface area contributed by atoms with Crippen molar-refractivity contribution in [3.63, 3.8) is 0 Å². The predicted molar refractivity (Wildman–Crippen MR) is 89.4 cm³/mol. The molecule has 0 bridgehead atoms. The average molecular weight is 350 g/mol. The number of carbonyl (C=O) groups is 1. The summed E-state index contributed by atoms with van der Waals surface area (Å²) in [5.74, 6) is 0.430. The molecule has 0 atom stereocenters. The molecular weight excluding hydrogens is 334 g/mol. The van der Waals surface area contributed by atoms with Gasteiger partial charge in [-0.2, -0.15) is 0 Å². The van der Waals surface area contributed by atoms with Gasteiger partial charge in [0.15, 0.2) is 0 Å². The van der Waals surface area contributed by atoms with E-state index in [1.165, 1.54) is 17.3 Å². The van der Waals surface area contributed by atoms with Gasteiger partial charge < -0.3 is 5.32 Å². The molecule has 0 spiro atoms. The Kier molecular flexibility index (Phi) is 5.26. The Bertz CT molecular complexity index is 610. The predicted octanol–water partition coefficient (Wildman–Crippen LogP) is 4.80. The van der Waals surface area contributed by atoms with Crippen LogP contribution in [0.5, 0.6) is 0 Å². The van der Waals surface area contributed by atoms with Gasteiger partial charge in [0.2, 0.25) is 5.91 Å². The fourth-order valence-corrected chi connectivity index (χ4v) is 2.78. The molecule has 0 aromatic heterocycles. The van der Waals surface area contributed by atoms with Gasteiger partial charge in [0.05, 0.1) is 5.75 Å². The second-order valence-corrected chi connectivity index (χ2v) is 6.57. The lowest BCUT2D eigenvalue weighted by Crippen LogP contribution is -2.14. The Morgan fingerprint density at radius 1 is 1.15 bits per heavy atom. The Balaban J connectivity index is 1.90. The van der Waals surface area contributed by atoms with Crippen molar-refractivity contribution in [3.05, 3.63) is 58.1 Å². The highest BCUT2D eigenvalue weighted by Crippen LogP contribution is 2.21.